The van der Waals surface area contributed by atoms with E-state index < -0.39 is 0 Å². The summed E-state index contributed by atoms with van der Waals surface area (Å²) < 4.78 is 1.89. The quantitative estimate of drug-likeness (QED) is 0.705. The minimum absolute atomic E-state index is 0.0313. The summed E-state index contributed by atoms with van der Waals surface area (Å²) in [5.74, 6) is 1.18. The van der Waals surface area contributed by atoms with Crippen LogP contribution < -0.4 is 10.5 Å². The van der Waals surface area contributed by atoms with Crippen molar-refractivity contribution in [2.75, 3.05) is 19.0 Å². The lowest BCUT2D eigenvalue weighted by atomic mass is 9.94. The van der Waals surface area contributed by atoms with Gasteiger partial charge in [0, 0.05) is 26.0 Å². The zero-order valence-electron chi connectivity index (χ0n) is 16.2. The van der Waals surface area contributed by atoms with Crippen molar-refractivity contribution in [3.05, 3.63) is 64.5 Å². The lowest BCUT2D eigenvalue weighted by Gasteiger charge is -2.27. The van der Waals surface area contributed by atoms with Crippen LogP contribution >= 0.6 is 0 Å². The second-order valence-corrected chi connectivity index (χ2v) is 7.67. The van der Waals surface area contributed by atoms with E-state index in [1.165, 1.54) is 12.8 Å². The van der Waals surface area contributed by atoms with Crippen molar-refractivity contribution in [1.82, 2.24) is 14.5 Å². The number of hydrogen-bond donors (Lipinski definition) is 0. The lowest BCUT2D eigenvalue weighted by molar-refractivity contribution is 0.363. The highest BCUT2D eigenvalue weighted by Gasteiger charge is 2.31. The molecular weight excluding hydrogens is 336 g/mol. The van der Waals surface area contributed by atoms with Crippen LogP contribution in [0.15, 0.2) is 47.4 Å². The smallest absolute Gasteiger partial charge is 0.262 e. The molecule has 0 N–H and O–H groups in total. The first-order valence-corrected chi connectivity index (χ1v) is 9.67. The van der Waals surface area contributed by atoms with Crippen LogP contribution in [-0.2, 0) is 0 Å². The molecule has 5 nitrogen and oxygen atoms in total. The van der Waals surface area contributed by atoms with Crippen molar-refractivity contribution in [3.8, 4) is 0 Å². The lowest BCUT2D eigenvalue weighted by Crippen LogP contribution is -2.33. The number of aromatic nitrogens is 3. The Hall–Kier alpha value is -2.69. The number of fused-ring (bicyclic) bond motifs is 1. The van der Waals surface area contributed by atoms with Crippen molar-refractivity contribution in [1.29, 1.82) is 0 Å². The number of benzene rings is 1. The summed E-state index contributed by atoms with van der Waals surface area (Å²) in [5, 5.41) is 0.672. The molecule has 0 aliphatic heterocycles. The molecule has 140 valence electrons. The van der Waals surface area contributed by atoms with E-state index in [0.717, 1.165) is 35.6 Å². The van der Waals surface area contributed by atoms with E-state index in [2.05, 4.69) is 4.98 Å². The van der Waals surface area contributed by atoms with Crippen LogP contribution in [-0.4, -0.2) is 28.6 Å². The molecule has 1 saturated carbocycles. The van der Waals surface area contributed by atoms with E-state index in [1.807, 2.05) is 73.1 Å². The molecule has 1 unspecified atom stereocenters. The maximum Gasteiger partial charge on any atom is 0.262 e. The van der Waals surface area contributed by atoms with Crippen LogP contribution in [0.25, 0.3) is 10.9 Å². The van der Waals surface area contributed by atoms with Crippen molar-refractivity contribution in [2.24, 2.45) is 5.92 Å². The molecule has 3 aromatic rings. The molecule has 0 spiro atoms. The van der Waals surface area contributed by atoms with E-state index in [0.29, 0.717) is 11.3 Å². The number of pyridine rings is 1. The van der Waals surface area contributed by atoms with Gasteiger partial charge in [0.25, 0.3) is 5.56 Å². The van der Waals surface area contributed by atoms with Gasteiger partial charge in [-0.2, -0.15) is 0 Å². The number of rotatable bonds is 4. The zero-order chi connectivity index (χ0) is 19.0. The Morgan fingerprint density at radius 3 is 2.59 bits per heavy atom. The third-order valence-electron chi connectivity index (χ3n) is 5.69. The van der Waals surface area contributed by atoms with Gasteiger partial charge >= 0.3 is 0 Å². The highest BCUT2D eigenvalue weighted by Crippen LogP contribution is 2.37. The van der Waals surface area contributed by atoms with Crippen LogP contribution in [0.4, 0.5) is 5.69 Å². The van der Waals surface area contributed by atoms with Crippen molar-refractivity contribution < 1.29 is 0 Å². The molecule has 0 radical (unpaired) electrons. The predicted molar refractivity (Wildman–Crippen MR) is 109 cm³/mol. The number of aryl methyl sites for hydroxylation is 1. The first-order chi connectivity index (χ1) is 13.1. The Kier molecular flexibility index (Phi) is 4.68. The van der Waals surface area contributed by atoms with Gasteiger partial charge in [-0.05, 0) is 56.0 Å². The summed E-state index contributed by atoms with van der Waals surface area (Å²) in [6.07, 6.45) is 6.50. The molecule has 1 aliphatic rings. The van der Waals surface area contributed by atoms with Crippen molar-refractivity contribution in [3.63, 3.8) is 0 Å². The molecule has 2 heterocycles. The van der Waals surface area contributed by atoms with Crippen LogP contribution in [0.2, 0.25) is 0 Å². The fourth-order valence-corrected chi connectivity index (χ4v) is 4.31. The van der Waals surface area contributed by atoms with E-state index in [1.54, 1.807) is 0 Å². The van der Waals surface area contributed by atoms with Gasteiger partial charge in [-0.3, -0.25) is 14.3 Å². The average Bonchev–Trinajstić information content (AvgIpc) is 3.19. The molecule has 1 fully saturated rings. The van der Waals surface area contributed by atoms with Gasteiger partial charge < -0.3 is 4.90 Å². The summed E-state index contributed by atoms with van der Waals surface area (Å²) in [7, 11) is 3.97. The third-order valence-corrected chi connectivity index (χ3v) is 5.69. The average molecular weight is 362 g/mol. The van der Waals surface area contributed by atoms with Crippen LogP contribution in [0.5, 0.6) is 0 Å². The number of nitrogens with zero attached hydrogens (tertiary/aromatic N) is 4. The Balaban J connectivity index is 1.95. The molecule has 1 aromatic carbocycles. The maximum absolute atomic E-state index is 13.6. The molecule has 0 saturated heterocycles. The van der Waals surface area contributed by atoms with E-state index in [-0.39, 0.29) is 11.6 Å². The Morgan fingerprint density at radius 1 is 1.15 bits per heavy atom. The van der Waals surface area contributed by atoms with Crippen LogP contribution in [0.1, 0.15) is 43.2 Å². The molecule has 1 aliphatic carbocycles. The zero-order valence-corrected chi connectivity index (χ0v) is 16.2. The van der Waals surface area contributed by atoms with Gasteiger partial charge in [0.15, 0.2) is 0 Å². The van der Waals surface area contributed by atoms with Gasteiger partial charge in [0.1, 0.15) is 5.82 Å². The van der Waals surface area contributed by atoms with Gasteiger partial charge in [0.2, 0.25) is 0 Å². The summed E-state index contributed by atoms with van der Waals surface area (Å²) in [4.78, 5) is 25.0. The van der Waals surface area contributed by atoms with E-state index in [9.17, 15) is 4.79 Å². The summed E-state index contributed by atoms with van der Waals surface area (Å²) in [5.41, 5.74) is 2.75. The van der Waals surface area contributed by atoms with Gasteiger partial charge in [-0.25, -0.2) is 4.98 Å². The predicted octanol–water partition coefficient (Wildman–Crippen LogP) is 3.95. The highest BCUT2D eigenvalue weighted by atomic mass is 16.1. The Bertz CT molecular complexity index is 1000. The molecule has 0 amide bonds. The molecule has 27 heavy (non-hydrogen) atoms. The minimum atomic E-state index is -0.0545. The fraction of sp³-hybridized carbons (Fsp3) is 0.409. The molecule has 0 bridgehead atoms. The molecule has 1 atom stereocenters. The second-order valence-electron chi connectivity index (χ2n) is 7.67. The van der Waals surface area contributed by atoms with Gasteiger partial charge in [0.05, 0.1) is 22.6 Å². The van der Waals surface area contributed by atoms with E-state index >= 15 is 0 Å². The number of anilines is 1. The van der Waals surface area contributed by atoms with Crippen LogP contribution in [0, 0.1) is 12.8 Å². The SMILES string of the molecule is Cc1nc2ccc(N(C)C)cc2c(=O)n1C(c1ccccn1)C1CCCC1. The van der Waals surface area contributed by atoms with Crippen LogP contribution in [0.3, 0.4) is 0 Å². The Labute approximate surface area is 159 Å². The summed E-state index contributed by atoms with van der Waals surface area (Å²) in [6, 6.07) is 11.8. The normalized spacial score (nSPS) is 16.0. The molecule has 2 aromatic heterocycles. The van der Waals surface area contributed by atoms with Gasteiger partial charge in [-0.1, -0.05) is 18.9 Å². The molecule has 5 heteroatoms. The maximum atomic E-state index is 13.6. The first-order valence-electron chi connectivity index (χ1n) is 9.67. The highest BCUT2D eigenvalue weighted by molar-refractivity contribution is 5.81. The summed E-state index contributed by atoms with van der Waals surface area (Å²) >= 11 is 0. The van der Waals surface area contributed by atoms with Crippen molar-refractivity contribution >= 4 is 16.6 Å². The van der Waals surface area contributed by atoms with Crippen molar-refractivity contribution in [2.45, 2.75) is 38.6 Å². The number of hydrogen-bond acceptors (Lipinski definition) is 4. The third kappa shape index (κ3) is 3.22. The summed E-state index contributed by atoms with van der Waals surface area (Å²) in [6.45, 7) is 1.94. The standard InChI is InChI=1S/C22H26N4O/c1-15-24-19-12-11-17(25(2)3)14-18(19)22(27)26(15)21(16-8-4-5-9-16)20-10-6-7-13-23-20/h6-7,10-14,16,21H,4-5,8-9H2,1-3H3. The first kappa shape index (κ1) is 17.7. The second kappa shape index (κ2) is 7.14. The largest absolute Gasteiger partial charge is 0.378 e. The van der Waals surface area contributed by atoms with E-state index in [4.69, 9.17) is 4.98 Å². The topological polar surface area (TPSA) is 51.0 Å². The Morgan fingerprint density at radius 2 is 1.93 bits per heavy atom. The monoisotopic (exact) mass is 362 g/mol. The fourth-order valence-electron chi connectivity index (χ4n) is 4.31. The minimum Gasteiger partial charge on any atom is -0.378 e. The van der Waals surface area contributed by atoms with Gasteiger partial charge in [-0.15, -0.1) is 0 Å². The molecule has 4 rings (SSSR count). The molecular formula is C22H26N4O.